The molecular formula is C16H13BrClN3. The van der Waals surface area contributed by atoms with Crippen molar-refractivity contribution in [2.24, 2.45) is 0 Å². The van der Waals surface area contributed by atoms with Crippen molar-refractivity contribution >= 4 is 33.3 Å². The van der Waals surface area contributed by atoms with E-state index in [1.807, 2.05) is 54.6 Å². The molecule has 3 nitrogen and oxygen atoms in total. The van der Waals surface area contributed by atoms with Gasteiger partial charge in [-0.3, -0.25) is 0 Å². The molecule has 0 amide bonds. The smallest absolute Gasteiger partial charge is 0.122 e. The summed E-state index contributed by atoms with van der Waals surface area (Å²) in [7, 11) is 0. The molecule has 0 bridgehead atoms. The number of hydrogen-bond donors (Lipinski definition) is 1. The van der Waals surface area contributed by atoms with Gasteiger partial charge in [-0.2, -0.15) is 5.10 Å². The van der Waals surface area contributed by atoms with Crippen LogP contribution in [0.15, 0.2) is 59.1 Å². The molecule has 3 aromatic rings. The molecule has 2 N–H and O–H groups in total. The molecule has 2 aromatic carbocycles. The zero-order valence-electron chi connectivity index (χ0n) is 11.1. The second kappa shape index (κ2) is 5.92. The van der Waals surface area contributed by atoms with Crippen LogP contribution >= 0.6 is 27.5 Å². The molecule has 1 aromatic heterocycles. The molecule has 0 radical (unpaired) electrons. The number of rotatable bonds is 3. The van der Waals surface area contributed by atoms with Crippen molar-refractivity contribution in [3.8, 4) is 11.3 Å². The molecule has 0 spiro atoms. The molecule has 5 heteroatoms. The number of hydrogen-bond acceptors (Lipinski definition) is 2. The molecule has 0 aliphatic carbocycles. The van der Waals surface area contributed by atoms with Crippen LogP contribution < -0.4 is 5.73 Å². The Bertz CT molecular complexity index is 783. The van der Waals surface area contributed by atoms with Gasteiger partial charge in [-0.15, -0.1) is 0 Å². The Morgan fingerprint density at radius 2 is 1.81 bits per heavy atom. The molecular weight excluding hydrogens is 350 g/mol. The van der Waals surface area contributed by atoms with Crippen molar-refractivity contribution in [2.45, 2.75) is 6.54 Å². The minimum Gasteiger partial charge on any atom is -0.384 e. The van der Waals surface area contributed by atoms with Gasteiger partial charge in [0, 0.05) is 21.1 Å². The molecule has 106 valence electrons. The SMILES string of the molecule is Nc1cc(-c2ccccc2Br)nn1Cc1ccccc1Cl. The van der Waals surface area contributed by atoms with E-state index in [4.69, 9.17) is 17.3 Å². The van der Waals surface area contributed by atoms with E-state index < -0.39 is 0 Å². The van der Waals surface area contributed by atoms with Crippen LogP contribution in [-0.4, -0.2) is 9.78 Å². The number of nitrogens with two attached hydrogens (primary N) is 1. The standard InChI is InChI=1S/C16H13BrClN3/c17-13-7-3-2-6-12(13)15-9-16(19)21(20-15)10-11-5-1-4-8-14(11)18/h1-9H,10,19H2. The number of aromatic nitrogens is 2. The zero-order valence-corrected chi connectivity index (χ0v) is 13.5. The predicted molar refractivity (Wildman–Crippen MR) is 90.3 cm³/mol. The monoisotopic (exact) mass is 361 g/mol. The number of anilines is 1. The van der Waals surface area contributed by atoms with Crippen LogP contribution in [0.5, 0.6) is 0 Å². The van der Waals surface area contributed by atoms with Crippen LogP contribution in [0.2, 0.25) is 5.02 Å². The van der Waals surface area contributed by atoms with Crippen molar-refractivity contribution in [1.82, 2.24) is 9.78 Å². The van der Waals surface area contributed by atoms with Gasteiger partial charge in [-0.25, -0.2) is 4.68 Å². The van der Waals surface area contributed by atoms with Crippen LogP contribution in [0.25, 0.3) is 11.3 Å². The average molecular weight is 363 g/mol. The number of nitrogens with zero attached hydrogens (tertiary/aromatic N) is 2. The van der Waals surface area contributed by atoms with Crippen LogP contribution in [0.3, 0.4) is 0 Å². The third kappa shape index (κ3) is 2.96. The zero-order chi connectivity index (χ0) is 14.8. The van der Waals surface area contributed by atoms with Gasteiger partial charge in [0.25, 0.3) is 0 Å². The van der Waals surface area contributed by atoms with Crippen LogP contribution in [0.1, 0.15) is 5.56 Å². The van der Waals surface area contributed by atoms with Crippen LogP contribution in [-0.2, 0) is 6.54 Å². The lowest BCUT2D eigenvalue weighted by Gasteiger charge is -2.06. The maximum Gasteiger partial charge on any atom is 0.122 e. The highest BCUT2D eigenvalue weighted by atomic mass is 79.9. The average Bonchev–Trinajstić information content (AvgIpc) is 2.83. The summed E-state index contributed by atoms with van der Waals surface area (Å²) in [6.45, 7) is 0.552. The van der Waals surface area contributed by atoms with Gasteiger partial charge in [-0.05, 0) is 17.7 Å². The van der Waals surface area contributed by atoms with E-state index in [9.17, 15) is 0 Å². The first-order valence-corrected chi connectivity index (χ1v) is 7.64. The van der Waals surface area contributed by atoms with E-state index in [0.29, 0.717) is 12.4 Å². The minimum absolute atomic E-state index is 0.552. The Kier molecular flexibility index (Phi) is 3.99. The highest BCUT2D eigenvalue weighted by Crippen LogP contribution is 2.28. The summed E-state index contributed by atoms with van der Waals surface area (Å²) in [6, 6.07) is 17.5. The fourth-order valence-electron chi connectivity index (χ4n) is 2.15. The summed E-state index contributed by atoms with van der Waals surface area (Å²) in [5.74, 6) is 0.612. The van der Waals surface area contributed by atoms with Crippen molar-refractivity contribution in [3.63, 3.8) is 0 Å². The van der Waals surface area contributed by atoms with Gasteiger partial charge in [0.1, 0.15) is 5.82 Å². The topological polar surface area (TPSA) is 43.8 Å². The van der Waals surface area contributed by atoms with E-state index in [1.54, 1.807) is 4.68 Å². The van der Waals surface area contributed by atoms with E-state index in [2.05, 4.69) is 21.0 Å². The summed E-state index contributed by atoms with van der Waals surface area (Å²) >= 11 is 9.72. The number of benzene rings is 2. The summed E-state index contributed by atoms with van der Waals surface area (Å²) in [4.78, 5) is 0. The lowest BCUT2D eigenvalue weighted by molar-refractivity contribution is 0.700. The van der Waals surface area contributed by atoms with Gasteiger partial charge < -0.3 is 5.73 Å². The Balaban J connectivity index is 1.96. The molecule has 0 saturated carbocycles. The van der Waals surface area contributed by atoms with Crippen LogP contribution in [0, 0.1) is 0 Å². The third-order valence-corrected chi connectivity index (χ3v) is 4.30. The maximum absolute atomic E-state index is 6.19. The second-order valence-electron chi connectivity index (χ2n) is 4.68. The molecule has 3 rings (SSSR count). The van der Waals surface area contributed by atoms with E-state index in [0.717, 1.165) is 26.3 Å². The fraction of sp³-hybridized carbons (Fsp3) is 0.0625. The second-order valence-corrected chi connectivity index (χ2v) is 5.94. The van der Waals surface area contributed by atoms with Gasteiger partial charge in [0.15, 0.2) is 0 Å². The van der Waals surface area contributed by atoms with E-state index in [-0.39, 0.29) is 0 Å². The summed E-state index contributed by atoms with van der Waals surface area (Å²) in [5.41, 5.74) is 8.92. The molecule has 0 aliphatic rings. The van der Waals surface area contributed by atoms with E-state index >= 15 is 0 Å². The van der Waals surface area contributed by atoms with Crippen LogP contribution in [0.4, 0.5) is 5.82 Å². The lowest BCUT2D eigenvalue weighted by atomic mass is 10.1. The van der Waals surface area contributed by atoms with Crippen molar-refractivity contribution in [2.75, 3.05) is 5.73 Å². The van der Waals surface area contributed by atoms with E-state index in [1.165, 1.54) is 0 Å². The quantitative estimate of drug-likeness (QED) is 0.740. The van der Waals surface area contributed by atoms with Gasteiger partial charge in [0.2, 0.25) is 0 Å². The summed E-state index contributed by atoms with van der Waals surface area (Å²) < 4.78 is 2.75. The Morgan fingerprint density at radius 1 is 1.10 bits per heavy atom. The van der Waals surface area contributed by atoms with Gasteiger partial charge >= 0.3 is 0 Å². The Hall–Kier alpha value is -1.78. The highest BCUT2D eigenvalue weighted by molar-refractivity contribution is 9.10. The minimum atomic E-state index is 0.552. The summed E-state index contributed by atoms with van der Waals surface area (Å²) in [5, 5.41) is 5.30. The fourth-order valence-corrected chi connectivity index (χ4v) is 2.83. The number of nitrogen functional groups attached to an aromatic ring is 1. The van der Waals surface area contributed by atoms with Gasteiger partial charge in [-0.1, -0.05) is 63.9 Å². The molecule has 0 atom stereocenters. The van der Waals surface area contributed by atoms with Crippen molar-refractivity contribution in [3.05, 3.63) is 69.7 Å². The molecule has 0 unspecified atom stereocenters. The normalized spacial score (nSPS) is 10.8. The molecule has 0 saturated heterocycles. The molecule has 1 heterocycles. The Morgan fingerprint density at radius 3 is 2.57 bits per heavy atom. The highest BCUT2D eigenvalue weighted by Gasteiger charge is 2.11. The van der Waals surface area contributed by atoms with Crippen molar-refractivity contribution < 1.29 is 0 Å². The largest absolute Gasteiger partial charge is 0.384 e. The molecule has 0 aliphatic heterocycles. The first kappa shape index (κ1) is 14.2. The first-order valence-electron chi connectivity index (χ1n) is 6.47. The third-order valence-electron chi connectivity index (χ3n) is 3.24. The number of halogens is 2. The molecule has 0 fully saturated rings. The maximum atomic E-state index is 6.19. The first-order chi connectivity index (χ1) is 10.1. The Labute approximate surface area is 136 Å². The van der Waals surface area contributed by atoms with Crippen molar-refractivity contribution in [1.29, 1.82) is 0 Å². The molecule has 21 heavy (non-hydrogen) atoms. The lowest BCUT2D eigenvalue weighted by Crippen LogP contribution is -2.06. The summed E-state index contributed by atoms with van der Waals surface area (Å²) in [6.07, 6.45) is 0. The predicted octanol–water partition coefficient (Wildman–Crippen LogP) is 4.60. The van der Waals surface area contributed by atoms with Gasteiger partial charge in [0.05, 0.1) is 12.2 Å².